The first kappa shape index (κ1) is 20.4. The van der Waals surface area contributed by atoms with Crippen molar-refractivity contribution in [1.82, 2.24) is 19.0 Å². The van der Waals surface area contributed by atoms with Gasteiger partial charge in [-0.15, -0.1) is 0 Å². The van der Waals surface area contributed by atoms with Crippen molar-refractivity contribution < 1.29 is 4.39 Å². The molecule has 1 aliphatic rings. The number of likely N-dealkylation sites (tertiary alicyclic amines) is 1. The van der Waals surface area contributed by atoms with Gasteiger partial charge < -0.3 is 5.32 Å². The number of aromatic nitrogens is 3. The van der Waals surface area contributed by atoms with Gasteiger partial charge in [-0.2, -0.15) is 5.26 Å². The van der Waals surface area contributed by atoms with Crippen molar-refractivity contribution in [3.8, 4) is 6.07 Å². The van der Waals surface area contributed by atoms with Gasteiger partial charge in [0.2, 0.25) is 0 Å². The number of fused-ring (bicyclic) bond motifs is 1. The zero-order chi connectivity index (χ0) is 21.3. The van der Waals surface area contributed by atoms with E-state index >= 15 is 0 Å². The molecule has 0 saturated carbocycles. The number of rotatable bonds is 6. The maximum absolute atomic E-state index is 12.9. The van der Waals surface area contributed by atoms with Gasteiger partial charge in [0.25, 0.3) is 0 Å². The summed E-state index contributed by atoms with van der Waals surface area (Å²) in [5.74, 6) is 0. The van der Waals surface area contributed by atoms with Crippen LogP contribution in [0.4, 0.5) is 15.8 Å². The van der Waals surface area contributed by atoms with Gasteiger partial charge in [-0.3, -0.25) is 14.0 Å². The largest absolute Gasteiger partial charge is 0.354 e. The lowest BCUT2D eigenvalue weighted by atomic mass is 10.2. The Morgan fingerprint density at radius 2 is 2.20 bits per heavy atom. The van der Waals surface area contributed by atoms with Crippen LogP contribution in [0.1, 0.15) is 18.4 Å². The second-order valence-corrected chi connectivity index (χ2v) is 7.80. The molecule has 1 saturated heterocycles. The summed E-state index contributed by atoms with van der Waals surface area (Å²) in [6, 6.07) is 9.50. The minimum Gasteiger partial charge on any atom is -0.354 e. The highest BCUT2D eigenvalue weighted by Crippen LogP contribution is 2.27. The Hall–Kier alpha value is -2.89. The van der Waals surface area contributed by atoms with E-state index in [1.807, 2.05) is 18.2 Å². The number of nitrogens with one attached hydrogen (secondary N) is 1. The Balaban J connectivity index is 1.71. The summed E-state index contributed by atoms with van der Waals surface area (Å²) >= 11 is 6.02. The van der Waals surface area contributed by atoms with Crippen LogP contribution >= 0.6 is 11.6 Å². The molecule has 3 aromatic rings. The van der Waals surface area contributed by atoms with Crippen LogP contribution in [-0.4, -0.2) is 44.8 Å². The van der Waals surface area contributed by atoms with Crippen LogP contribution < -0.4 is 11.0 Å². The molecular weight excluding hydrogens is 407 g/mol. The number of imidazole rings is 1. The summed E-state index contributed by atoms with van der Waals surface area (Å²) in [5, 5.41) is 12.7. The van der Waals surface area contributed by atoms with Crippen molar-refractivity contribution in [3.05, 3.63) is 51.7 Å². The average molecular weight is 429 g/mol. The van der Waals surface area contributed by atoms with E-state index in [2.05, 4.69) is 21.3 Å². The van der Waals surface area contributed by atoms with Gasteiger partial charge in [0, 0.05) is 38.1 Å². The number of hydrogen-bond acceptors (Lipinski definition) is 5. The lowest BCUT2D eigenvalue weighted by molar-refractivity contribution is 0.213. The fraction of sp³-hybridized carbons (Fsp3) is 0.381. The molecule has 0 amide bonds. The molecule has 1 aliphatic heterocycles. The number of anilines is 2. The second kappa shape index (κ2) is 8.46. The highest BCUT2D eigenvalue weighted by molar-refractivity contribution is 6.31. The summed E-state index contributed by atoms with van der Waals surface area (Å²) in [6.07, 6.45) is 3.49. The number of aryl methyl sites for hydroxylation is 1. The van der Waals surface area contributed by atoms with Crippen molar-refractivity contribution in [2.45, 2.75) is 25.4 Å². The minimum absolute atomic E-state index is 0.0982. The van der Waals surface area contributed by atoms with Crippen LogP contribution in [0.2, 0.25) is 5.15 Å². The zero-order valence-electron chi connectivity index (χ0n) is 16.6. The predicted octanol–water partition coefficient (Wildman–Crippen LogP) is 3.44. The number of alkyl halides is 1. The number of nitriles is 1. The Morgan fingerprint density at radius 3 is 2.97 bits per heavy atom. The number of halogens is 2. The van der Waals surface area contributed by atoms with Gasteiger partial charge in [0.1, 0.15) is 23.5 Å². The molecule has 156 valence electrons. The first-order valence-corrected chi connectivity index (χ1v) is 10.2. The van der Waals surface area contributed by atoms with Gasteiger partial charge in [-0.05, 0) is 43.7 Å². The normalized spacial score (nSPS) is 16.8. The third-order valence-electron chi connectivity index (χ3n) is 5.71. The molecule has 9 heteroatoms. The number of hydrogen-bond donors (Lipinski definition) is 1. The second-order valence-electron chi connectivity index (χ2n) is 7.44. The van der Waals surface area contributed by atoms with E-state index in [0.29, 0.717) is 18.8 Å². The summed E-state index contributed by atoms with van der Waals surface area (Å²) in [7, 11) is 1.75. The van der Waals surface area contributed by atoms with Gasteiger partial charge in [0.05, 0.1) is 16.7 Å². The van der Waals surface area contributed by atoms with Crippen molar-refractivity contribution in [2.75, 3.05) is 25.1 Å². The van der Waals surface area contributed by atoms with E-state index in [1.165, 1.54) is 6.20 Å². The molecule has 0 aliphatic carbocycles. The van der Waals surface area contributed by atoms with E-state index < -0.39 is 0 Å². The third-order valence-corrected chi connectivity index (χ3v) is 5.99. The molecule has 4 rings (SSSR count). The number of nitrogens with zero attached hydrogens (tertiary/aromatic N) is 5. The Kier molecular flexibility index (Phi) is 5.75. The van der Waals surface area contributed by atoms with Gasteiger partial charge in [0.15, 0.2) is 0 Å². The molecule has 0 spiro atoms. The molecule has 30 heavy (non-hydrogen) atoms. The summed E-state index contributed by atoms with van der Waals surface area (Å²) in [6.45, 7) is 1.40. The van der Waals surface area contributed by atoms with E-state index in [9.17, 15) is 14.4 Å². The molecule has 3 heterocycles. The summed E-state index contributed by atoms with van der Waals surface area (Å²) in [5.41, 5.74) is 3.04. The van der Waals surface area contributed by atoms with Crippen molar-refractivity contribution in [1.29, 1.82) is 5.26 Å². The maximum atomic E-state index is 12.9. The minimum atomic E-state index is -0.384. The van der Waals surface area contributed by atoms with Gasteiger partial charge >= 0.3 is 5.69 Å². The molecule has 1 fully saturated rings. The van der Waals surface area contributed by atoms with Gasteiger partial charge in [-0.25, -0.2) is 14.2 Å². The van der Waals surface area contributed by atoms with Crippen LogP contribution in [0, 0.1) is 11.3 Å². The third kappa shape index (κ3) is 3.66. The fourth-order valence-electron chi connectivity index (χ4n) is 4.18. The maximum Gasteiger partial charge on any atom is 0.328 e. The average Bonchev–Trinajstić information content (AvgIpc) is 3.27. The molecule has 0 radical (unpaired) electrons. The summed E-state index contributed by atoms with van der Waals surface area (Å²) in [4.78, 5) is 18.9. The predicted molar refractivity (Wildman–Crippen MR) is 115 cm³/mol. The van der Waals surface area contributed by atoms with E-state index in [4.69, 9.17) is 11.6 Å². The smallest absolute Gasteiger partial charge is 0.328 e. The van der Waals surface area contributed by atoms with Crippen molar-refractivity contribution in [3.63, 3.8) is 0 Å². The first-order valence-electron chi connectivity index (χ1n) is 9.84. The lowest BCUT2D eigenvalue weighted by Crippen LogP contribution is -2.37. The van der Waals surface area contributed by atoms with Crippen LogP contribution in [0.25, 0.3) is 11.0 Å². The molecule has 1 atom stereocenters. The molecule has 0 bridgehead atoms. The van der Waals surface area contributed by atoms with Crippen molar-refractivity contribution in [2.24, 2.45) is 7.05 Å². The van der Waals surface area contributed by atoms with E-state index in [1.54, 1.807) is 22.2 Å². The lowest BCUT2D eigenvalue weighted by Gasteiger charge is -2.23. The number of benzene rings is 1. The summed E-state index contributed by atoms with van der Waals surface area (Å²) < 4.78 is 16.3. The zero-order valence-corrected chi connectivity index (χ0v) is 17.4. The quantitative estimate of drug-likeness (QED) is 0.608. The standard InChI is InChI=1S/C21H22ClFN6O/c1-27-18-5-4-14(26-17-6-8-25-20(22)16(17)12-24)11-19(18)29(21(27)30)13-15-3-2-9-28(15)10-7-23/h4-6,8,11,15H,2-3,7,9-10,13H2,1H3,(H,25,26)/t15-/m0/s1. The topological polar surface area (TPSA) is 78.9 Å². The Morgan fingerprint density at radius 1 is 1.37 bits per heavy atom. The van der Waals surface area contributed by atoms with Crippen LogP contribution in [0.15, 0.2) is 35.3 Å². The first-order chi connectivity index (χ1) is 14.5. The van der Waals surface area contributed by atoms with Crippen LogP contribution in [-0.2, 0) is 13.6 Å². The van der Waals surface area contributed by atoms with Gasteiger partial charge in [-0.1, -0.05) is 11.6 Å². The Bertz CT molecular complexity index is 1180. The molecule has 0 unspecified atom stereocenters. The molecule has 1 aromatic carbocycles. The molecule has 7 nitrogen and oxygen atoms in total. The molecular formula is C21H22ClFN6O. The van der Waals surface area contributed by atoms with Crippen molar-refractivity contribution >= 4 is 34.0 Å². The highest BCUT2D eigenvalue weighted by Gasteiger charge is 2.26. The van der Waals surface area contributed by atoms with E-state index in [-0.39, 0.29) is 29.1 Å². The van der Waals surface area contributed by atoms with Crippen LogP contribution in [0.3, 0.4) is 0 Å². The Labute approximate surface area is 178 Å². The highest BCUT2D eigenvalue weighted by atomic mass is 35.5. The van der Waals surface area contributed by atoms with E-state index in [0.717, 1.165) is 36.1 Å². The molecule has 1 N–H and O–H groups in total. The monoisotopic (exact) mass is 428 g/mol. The SMILES string of the molecule is Cn1c(=O)n(C[C@@H]2CCCN2CCF)c2cc(Nc3ccnc(Cl)c3C#N)ccc21. The number of pyridine rings is 1. The van der Waals surface area contributed by atoms with Crippen LogP contribution in [0.5, 0.6) is 0 Å². The fourth-order valence-corrected chi connectivity index (χ4v) is 4.38. The molecule has 2 aromatic heterocycles.